The summed E-state index contributed by atoms with van der Waals surface area (Å²) in [7, 11) is 0. The lowest BCUT2D eigenvalue weighted by atomic mass is 9.71. The number of halogens is 1. The Bertz CT molecular complexity index is 1290. The number of fused-ring (bicyclic) bond motifs is 2. The van der Waals surface area contributed by atoms with E-state index in [1.54, 1.807) is 13.1 Å². The Morgan fingerprint density at radius 2 is 1.94 bits per heavy atom. The summed E-state index contributed by atoms with van der Waals surface area (Å²) in [6, 6.07) is 6.05. The zero-order chi connectivity index (χ0) is 21.2. The number of aromatic nitrogens is 6. The van der Waals surface area contributed by atoms with Crippen molar-refractivity contribution in [3.63, 3.8) is 0 Å². The van der Waals surface area contributed by atoms with Crippen molar-refractivity contribution in [2.45, 2.75) is 69.0 Å². The van der Waals surface area contributed by atoms with Crippen molar-refractivity contribution in [1.29, 1.82) is 0 Å². The van der Waals surface area contributed by atoms with Gasteiger partial charge >= 0.3 is 0 Å². The molecule has 2 fully saturated rings. The zero-order valence-electron chi connectivity index (χ0n) is 17.5. The minimum atomic E-state index is -1.11. The van der Waals surface area contributed by atoms with Gasteiger partial charge in [-0.3, -0.25) is 4.79 Å². The van der Waals surface area contributed by atoms with Gasteiger partial charge in [0.15, 0.2) is 5.65 Å². The van der Waals surface area contributed by atoms with E-state index in [2.05, 4.69) is 16.3 Å². The molecule has 1 N–H and O–H groups in total. The molecule has 4 heterocycles. The number of imidazole rings is 1. The fraction of sp³-hybridized carbons (Fsp3) is 0.478. The van der Waals surface area contributed by atoms with Crippen molar-refractivity contribution in [2.75, 3.05) is 0 Å². The highest BCUT2D eigenvalue weighted by molar-refractivity contribution is 5.73. The van der Waals surface area contributed by atoms with E-state index in [0.717, 1.165) is 24.2 Å². The molecule has 8 heteroatoms. The molecule has 0 bridgehead atoms. The van der Waals surface area contributed by atoms with E-state index in [4.69, 9.17) is 9.97 Å². The number of H-pyrrole nitrogens is 1. The third-order valence-electron chi connectivity index (χ3n) is 7.21. The molecule has 2 saturated carbocycles. The van der Waals surface area contributed by atoms with Gasteiger partial charge in [-0.1, -0.05) is 6.07 Å². The van der Waals surface area contributed by atoms with Crippen molar-refractivity contribution in [2.24, 2.45) is 0 Å². The summed E-state index contributed by atoms with van der Waals surface area (Å²) in [4.78, 5) is 25.5. The van der Waals surface area contributed by atoms with Crippen molar-refractivity contribution in [3.8, 4) is 0 Å². The second kappa shape index (κ2) is 6.73. The average Bonchev–Trinajstić information content (AvgIpc) is 3.31. The SMILES string of the molecule is CC1(F)CCC(n2ncc3c(=O)[nH]c([C@H]4CC[C@@H]4c4cn5ccccc5n4)nc32)CC1. The highest BCUT2D eigenvalue weighted by Gasteiger charge is 2.38. The van der Waals surface area contributed by atoms with Gasteiger partial charge in [-0.2, -0.15) is 5.10 Å². The maximum atomic E-state index is 14.3. The summed E-state index contributed by atoms with van der Waals surface area (Å²) in [6.45, 7) is 1.67. The normalized spacial score (nSPS) is 28.8. The Morgan fingerprint density at radius 3 is 2.68 bits per heavy atom. The predicted octanol–water partition coefficient (Wildman–Crippen LogP) is 4.27. The van der Waals surface area contributed by atoms with Gasteiger partial charge in [-0.25, -0.2) is 19.0 Å². The van der Waals surface area contributed by atoms with Gasteiger partial charge in [-0.15, -0.1) is 0 Å². The molecule has 160 valence electrons. The third-order valence-corrected chi connectivity index (χ3v) is 7.21. The smallest absolute Gasteiger partial charge is 0.262 e. The van der Waals surface area contributed by atoms with Crippen LogP contribution in [0.1, 0.15) is 74.8 Å². The molecule has 31 heavy (non-hydrogen) atoms. The van der Waals surface area contributed by atoms with Crippen molar-refractivity contribution < 1.29 is 4.39 Å². The molecular formula is C23H25FN6O. The van der Waals surface area contributed by atoms with Gasteiger partial charge in [0.25, 0.3) is 5.56 Å². The molecular weight excluding hydrogens is 395 g/mol. The molecule has 2 aliphatic carbocycles. The minimum Gasteiger partial charge on any atom is -0.310 e. The first-order chi connectivity index (χ1) is 15.0. The van der Waals surface area contributed by atoms with Crippen LogP contribution in [0.2, 0.25) is 0 Å². The summed E-state index contributed by atoms with van der Waals surface area (Å²) in [5, 5.41) is 4.97. The van der Waals surface area contributed by atoms with Crippen LogP contribution in [0.5, 0.6) is 0 Å². The first-order valence-corrected chi connectivity index (χ1v) is 11.1. The summed E-state index contributed by atoms with van der Waals surface area (Å²) >= 11 is 0. The number of aromatic amines is 1. The van der Waals surface area contributed by atoms with Gasteiger partial charge in [-0.05, 0) is 57.6 Å². The highest BCUT2D eigenvalue weighted by Crippen LogP contribution is 2.47. The largest absolute Gasteiger partial charge is 0.310 e. The Kier molecular flexibility index (Phi) is 4.07. The molecule has 0 radical (unpaired) electrons. The maximum Gasteiger partial charge on any atom is 0.262 e. The Labute approximate surface area is 178 Å². The lowest BCUT2D eigenvalue weighted by molar-refractivity contribution is 0.103. The van der Waals surface area contributed by atoms with E-state index in [1.807, 2.05) is 33.5 Å². The Morgan fingerprint density at radius 1 is 1.13 bits per heavy atom. The molecule has 6 rings (SSSR count). The van der Waals surface area contributed by atoms with Crippen LogP contribution < -0.4 is 5.56 Å². The van der Waals surface area contributed by atoms with Crippen LogP contribution in [0.25, 0.3) is 16.7 Å². The number of alkyl halides is 1. The number of nitrogens with one attached hydrogen (secondary N) is 1. The van der Waals surface area contributed by atoms with Crippen molar-refractivity contribution in [3.05, 3.63) is 58.7 Å². The number of rotatable bonds is 3. The fourth-order valence-corrected chi connectivity index (χ4v) is 5.16. The van der Waals surface area contributed by atoms with E-state index < -0.39 is 5.67 Å². The van der Waals surface area contributed by atoms with Gasteiger partial charge < -0.3 is 9.38 Å². The maximum absolute atomic E-state index is 14.3. The average molecular weight is 420 g/mol. The molecule has 0 aromatic carbocycles. The Balaban J connectivity index is 1.35. The summed E-state index contributed by atoms with van der Waals surface area (Å²) in [5.74, 6) is 1.07. The zero-order valence-corrected chi connectivity index (χ0v) is 17.5. The molecule has 4 aromatic heterocycles. The second-order valence-corrected chi connectivity index (χ2v) is 9.34. The van der Waals surface area contributed by atoms with Crippen LogP contribution in [0, 0.1) is 0 Å². The van der Waals surface area contributed by atoms with E-state index in [-0.39, 0.29) is 23.4 Å². The van der Waals surface area contributed by atoms with Crippen LogP contribution in [0.3, 0.4) is 0 Å². The predicted molar refractivity (Wildman–Crippen MR) is 115 cm³/mol. The van der Waals surface area contributed by atoms with Crippen molar-refractivity contribution >= 4 is 16.7 Å². The molecule has 0 amide bonds. The van der Waals surface area contributed by atoms with Crippen LogP contribution >= 0.6 is 0 Å². The standard InChI is InChI=1S/C23H25FN6O/c1-23(24)9-7-14(8-10-23)30-21-17(12-25-30)22(31)28-20(27-21)16-6-5-15(16)18-13-29-11-3-2-4-19(29)26-18/h2-4,11-16H,5-10H2,1H3,(H,27,28,31)/t14?,15-,16-,23?/m0/s1. The molecule has 0 saturated heterocycles. The molecule has 0 unspecified atom stereocenters. The number of hydrogen-bond acceptors (Lipinski definition) is 4. The number of hydrogen-bond donors (Lipinski definition) is 1. The van der Waals surface area contributed by atoms with E-state index in [9.17, 15) is 9.18 Å². The second-order valence-electron chi connectivity index (χ2n) is 9.34. The van der Waals surface area contributed by atoms with Crippen LogP contribution in [-0.4, -0.2) is 34.8 Å². The van der Waals surface area contributed by atoms with Crippen LogP contribution in [0.4, 0.5) is 4.39 Å². The molecule has 2 atom stereocenters. The van der Waals surface area contributed by atoms with E-state index in [0.29, 0.717) is 42.5 Å². The quantitative estimate of drug-likeness (QED) is 0.537. The fourth-order valence-electron chi connectivity index (χ4n) is 5.16. The lowest BCUT2D eigenvalue weighted by Crippen LogP contribution is -2.29. The van der Waals surface area contributed by atoms with E-state index >= 15 is 0 Å². The van der Waals surface area contributed by atoms with Gasteiger partial charge in [0, 0.05) is 24.2 Å². The first-order valence-electron chi connectivity index (χ1n) is 11.1. The molecule has 2 aliphatic rings. The monoisotopic (exact) mass is 420 g/mol. The third kappa shape index (κ3) is 3.07. The molecule has 0 aliphatic heterocycles. The molecule has 4 aromatic rings. The van der Waals surface area contributed by atoms with Crippen LogP contribution in [0.15, 0.2) is 41.6 Å². The topological polar surface area (TPSA) is 80.9 Å². The summed E-state index contributed by atoms with van der Waals surface area (Å²) < 4.78 is 18.1. The Hall–Kier alpha value is -3.03. The van der Waals surface area contributed by atoms with Gasteiger partial charge in [0.2, 0.25) is 0 Å². The van der Waals surface area contributed by atoms with Crippen molar-refractivity contribution in [1.82, 2.24) is 29.1 Å². The van der Waals surface area contributed by atoms with Gasteiger partial charge in [0.1, 0.15) is 22.5 Å². The van der Waals surface area contributed by atoms with Crippen LogP contribution in [-0.2, 0) is 0 Å². The minimum absolute atomic E-state index is 0.0825. The molecule has 7 nitrogen and oxygen atoms in total. The highest BCUT2D eigenvalue weighted by atomic mass is 19.1. The molecule has 0 spiro atoms. The number of pyridine rings is 1. The van der Waals surface area contributed by atoms with E-state index in [1.165, 1.54) is 0 Å². The summed E-state index contributed by atoms with van der Waals surface area (Å²) in [6.07, 6.45) is 10.1. The first kappa shape index (κ1) is 18.7. The van der Waals surface area contributed by atoms with Gasteiger partial charge in [0.05, 0.1) is 17.9 Å². The number of nitrogens with zero attached hydrogens (tertiary/aromatic N) is 5. The summed E-state index contributed by atoms with van der Waals surface area (Å²) in [5.41, 5.74) is 1.32. The lowest BCUT2D eigenvalue weighted by Gasteiger charge is -2.34.